The van der Waals surface area contributed by atoms with E-state index in [9.17, 15) is 8.42 Å². The van der Waals surface area contributed by atoms with E-state index >= 15 is 0 Å². The van der Waals surface area contributed by atoms with Gasteiger partial charge in [0.15, 0.2) is 0 Å². The van der Waals surface area contributed by atoms with Gasteiger partial charge in [0, 0.05) is 25.0 Å². The lowest BCUT2D eigenvalue weighted by Crippen LogP contribution is -2.44. The highest BCUT2D eigenvalue weighted by atomic mass is 35.5. The lowest BCUT2D eigenvalue weighted by Gasteiger charge is -2.32. The Morgan fingerprint density at radius 3 is 2.74 bits per heavy atom. The second kappa shape index (κ2) is 7.46. The van der Waals surface area contributed by atoms with Crippen molar-refractivity contribution in [1.29, 1.82) is 0 Å². The average molecular weight is 403 g/mol. The lowest BCUT2D eigenvalue weighted by atomic mass is 10.1. The van der Waals surface area contributed by atoms with Crippen LogP contribution in [0.4, 0.5) is 0 Å². The molecule has 2 aromatic carbocycles. The van der Waals surface area contributed by atoms with Gasteiger partial charge in [-0.25, -0.2) is 8.42 Å². The summed E-state index contributed by atoms with van der Waals surface area (Å²) in [6.07, 6.45) is 4.40. The molecule has 140 valence electrons. The first-order valence-electron chi connectivity index (χ1n) is 8.79. The van der Waals surface area contributed by atoms with E-state index < -0.39 is 10.0 Å². The van der Waals surface area contributed by atoms with Crippen LogP contribution >= 0.6 is 11.6 Å². The van der Waals surface area contributed by atoms with Gasteiger partial charge in [-0.05, 0) is 35.7 Å². The molecular weight excluding hydrogens is 384 g/mol. The number of pyridine rings is 1. The molecule has 1 fully saturated rings. The number of nitrogens with zero attached hydrogens (tertiary/aromatic N) is 2. The Balaban J connectivity index is 1.56. The largest absolute Gasteiger partial charge is 0.487 e. The fourth-order valence-corrected chi connectivity index (χ4v) is 5.04. The highest BCUT2D eigenvalue weighted by Gasteiger charge is 2.31. The summed E-state index contributed by atoms with van der Waals surface area (Å²) in [5.74, 6) is 0.529. The van der Waals surface area contributed by atoms with E-state index in [0.717, 1.165) is 23.6 Å². The number of rotatable bonds is 4. The minimum atomic E-state index is -3.58. The zero-order valence-corrected chi connectivity index (χ0v) is 16.2. The molecule has 0 spiro atoms. The van der Waals surface area contributed by atoms with Crippen molar-refractivity contribution in [2.75, 3.05) is 13.1 Å². The van der Waals surface area contributed by atoms with Gasteiger partial charge in [-0.2, -0.15) is 4.31 Å². The van der Waals surface area contributed by atoms with Gasteiger partial charge in [0.05, 0.1) is 11.4 Å². The van der Waals surface area contributed by atoms with Crippen LogP contribution in [0.3, 0.4) is 0 Å². The predicted octanol–water partition coefficient (Wildman–Crippen LogP) is 4.12. The molecule has 3 aromatic rings. The van der Waals surface area contributed by atoms with E-state index in [0.29, 0.717) is 28.8 Å². The summed E-state index contributed by atoms with van der Waals surface area (Å²) in [7, 11) is -3.58. The van der Waals surface area contributed by atoms with Crippen LogP contribution < -0.4 is 4.74 Å². The molecule has 0 amide bonds. The number of piperidine rings is 1. The molecule has 27 heavy (non-hydrogen) atoms. The van der Waals surface area contributed by atoms with Crippen LogP contribution in [0.15, 0.2) is 65.8 Å². The number of fused-ring (bicyclic) bond motifs is 1. The predicted molar refractivity (Wildman–Crippen MR) is 106 cm³/mol. The van der Waals surface area contributed by atoms with Crippen LogP contribution in [0.2, 0.25) is 5.02 Å². The number of halogens is 1. The van der Waals surface area contributed by atoms with Gasteiger partial charge >= 0.3 is 0 Å². The number of benzene rings is 2. The summed E-state index contributed by atoms with van der Waals surface area (Å²) in [6, 6.07) is 14.7. The van der Waals surface area contributed by atoms with Crippen LogP contribution in [-0.4, -0.2) is 36.9 Å². The third-order valence-corrected chi connectivity index (χ3v) is 6.87. The smallest absolute Gasteiger partial charge is 0.243 e. The van der Waals surface area contributed by atoms with Crippen molar-refractivity contribution < 1.29 is 13.2 Å². The molecule has 1 aliphatic heterocycles. The van der Waals surface area contributed by atoms with Crippen molar-refractivity contribution in [1.82, 2.24) is 9.29 Å². The SMILES string of the molecule is O=S(=O)(c1ccc2ccccc2c1)N1CCCC(Oc2ccncc2Cl)C1. The molecule has 1 atom stereocenters. The van der Waals surface area contributed by atoms with Gasteiger partial charge in [-0.1, -0.05) is 41.9 Å². The van der Waals surface area contributed by atoms with E-state index in [1.54, 1.807) is 24.4 Å². The standard InChI is InChI=1S/C20H19ClN2O3S/c21-19-13-22-10-9-20(19)26-17-6-3-11-23(14-17)27(24,25)18-8-7-15-4-1-2-5-16(15)12-18/h1-2,4-5,7-10,12-13,17H,3,6,11,14H2. The van der Waals surface area contributed by atoms with Gasteiger partial charge in [-0.15, -0.1) is 0 Å². The summed E-state index contributed by atoms with van der Waals surface area (Å²) in [4.78, 5) is 4.25. The number of sulfonamides is 1. The van der Waals surface area contributed by atoms with Crippen molar-refractivity contribution in [3.05, 3.63) is 65.9 Å². The first-order valence-corrected chi connectivity index (χ1v) is 10.6. The fourth-order valence-electron chi connectivity index (χ4n) is 3.33. The van der Waals surface area contributed by atoms with E-state index in [1.807, 2.05) is 30.3 Å². The monoisotopic (exact) mass is 402 g/mol. The van der Waals surface area contributed by atoms with Crippen molar-refractivity contribution in [3.63, 3.8) is 0 Å². The quantitative estimate of drug-likeness (QED) is 0.658. The highest BCUT2D eigenvalue weighted by Crippen LogP contribution is 2.28. The Labute approximate surface area is 163 Å². The number of hydrogen-bond donors (Lipinski definition) is 0. The van der Waals surface area contributed by atoms with E-state index in [2.05, 4.69) is 4.98 Å². The molecule has 7 heteroatoms. The molecule has 1 aromatic heterocycles. The van der Waals surface area contributed by atoms with Crippen LogP contribution in [0.5, 0.6) is 5.75 Å². The Morgan fingerprint density at radius 1 is 1.11 bits per heavy atom. The molecule has 5 nitrogen and oxygen atoms in total. The second-order valence-corrected chi connectivity index (χ2v) is 8.91. The molecule has 1 unspecified atom stereocenters. The van der Waals surface area contributed by atoms with E-state index in [4.69, 9.17) is 16.3 Å². The van der Waals surface area contributed by atoms with Crippen LogP contribution in [0.25, 0.3) is 10.8 Å². The van der Waals surface area contributed by atoms with Crippen molar-refractivity contribution in [2.45, 2.75) is 23.8 Å². The molecule has 0 radical (unpaired) electrons. The van der Waals surface area contributed by atoms with Crippen molar-refractivity contribution in [3.8, 4) is 5.75 Å². The number of hydrogen-bond acceptors (Lipinski definition) is 4. The molecule has 4 rings (SSSR count). The Hall–Kier alpha value is -2.15. The maximum Gasteiger partial charge on any atom is 0.243 e. The van der Waals surface area contributed by atoms with Gasteiger partial charge < -0.3 is 4.74 Å². The summed E-state index contributed by atoms with van der Waals surface area (Å²) in [6.45, 7) is 0.785. The lowest BCUT2D eigenvalue weighted by molar-refractivity contribution is 0.130. The molecule has 0 bridgehead atoms. The molecule has 1 saturated heterocycles. The summed E-state index contributed by atoms with van der Waals surface area (Å²) < 4.78 is 33.7. The topological polar surface area (TPSA) is 59.5 Å². The summed E-state index contributed by atoms with van der Waals surface area (Å²) in [5.41, 5.74) is 0. The maximum absolute atomic E-state index is 13.1. The normalized spacial score (nSPS) is 18.5. The van der Waals surface area contributed by atoms with Crippen molar-refractivity contribution >= 4 is 32.4 Å². The number of aromatic nitrogens is 1. The molecular formula is C20H19ClN2O3S. The van der Waals surface area contributed by atoms with Gasteiger partial charge in [0.1, 0.15) is 16.9 Å². The van der Waals surface area contributed by atoms with Gasteiger partial charge in [0.2, 0.25) is 10.0 Å². The first-order chi connectivity index (χ1) is 13.0. The van der Waals surface area contributed by atoms with Crippen LogP contribution in [0.1, 0.15) is 12.8 Å². The molecule has 0 aliphatic carbocycles. The first kappa shape index (κ1) is 18.2. The Bertz CT molecular complexity index is 1070. The highest BCUT2D eigenvalue weighted by molar-refractivity contribution is 7.89. The minimum Gasteiger partial charge on any atom is -0.487 e. The second-order valence-electron chi connectivity index (χ2n) is 6.56. The summed E-state index contributed by atoms with van der Waals surface area (Å²) >= 11 is 6.10. The minimum absolute atomic E-state index is 0.242. The molecule has 2 heterocycles. The summed E-state index contributed by atoms with van der Waals surface area (Å²) in [5, 5.41) is 2.35. The van der Waals surface area contributed by atoms with Gasteiger partial charge in [-0.3, -0.25) is 4.98 Å². The molecule has 0 N–H and O–H groups in total. The third kappa shape index (κ3) is 3.78. The molecule has 0 saturated carbocycles. The number of ether oxygens (including phenoxy) is 1. The maximum atomic E-state index is 13.1. The average Bonchev–Trinajstić information content (AvgIpc) is 2.69. The Kier molecular flexibility index (Phi) is 5.04. The zero-order chi connectivity index (χ0) is 18.9. The zero-order valence-electron chi connectivity index (χ0n) is 14.6. The van der Waals surface area contributed by atoms with E-state index in [-0.39, 0.29) is 6.10 Å². The van der Waals surface area contributed by atoms with Crippen LogP contribution in [0, 0.1) is 0 Å². The van der Waals surface area contributed by atoms with Crippen molar-refractivity contribution in [2.24, 2.45) is 0 Å². The van der Waals surface area contributed by atoms with Gasteiger partial charge in [0.25, 0.3) is 0 Å². The van der Waals surface area contributed by atoms with E-state index in [1.165, 1.54) is 10.5 Å². The Morgan fingerprint density at radius 2 is 1.93 bits per heavy atom. The fraction of sp³-hybridized carbons (Fsp3) is 0.250. The molecule has 1 aliphatic rings. The third-order valence-electron chi connectivity index (χ3n) is 4.73. The van der Waals surface area contributed by atoms with Crippen LogP contribution in [-0.2, 0) is 10.0 Å².